The van der Waals surface area contributed by atoms with Crippen molar-refractivity contribution in [3.05, 3.63) is 47.5 Å². The van der Waals surface area contributed by atoms with Crippen LogP contribution in [0.15, 0.2) is 46.2 Å². The summed E-state index contributed by atoms with van der Waals surface area (Å²) in [5.74, 6) is -0.912. The van der Waals surface area contributed by atoms with Crippen LogP contribution in [0.5, 0.6) is 11.5 Å². The summed E-state index contributed by atoms with van der Waals surface area (Å²) < 4.78 is 25.2. The minimum atomic E-state index is -3.96. The highest BCUT2D eigenvalue weighted by molar-refractivity contribution is 7.91. The number of aryl methyl sites for hydroxylation is 2. The molecule has 0 aliphatic carbocycles. The number of hydrogen-bond acceptors (Lipinski definition) is 4. The molecule has 0 unspecified atom stereocenters. The van der Waals surface area contributed by atoms with Gasteiger partial charge >= 0.3 is 0 Å². The maximum absolute atomic E-state index is 12.6. The molecular formula is C14H14O4S. The van der Waals surface area contributed by atoms with Gasteiger partial charge in [-0.15, -0.1) is 0 Å². The average molecular weight is 278 g/mol. The van der Waals surface area contributed by atoms with Gasteiger partial charge in [0.1, 0.15) is 11.5 Å². The van der Waals surface area contributed by atoms with Crippen molar-refractivity contribution in [1.82, 2.24) is 0 Å². The largest absolute Gasteiger partial charge is 0.506 e. The molecule has 0 aromatic heterocycles. The molecular weight excluding hydrogens is 264 g/mol. The van der Waals surface area contributed by atoms with Crippen LogP contribution < -0.4 is 0 Å². The summed E-state index contributed by atoms with van der Waals surface area (Å²) in [4.78, 5) is -0.334. The van der Waals surface area contributed by atoms with E-state index in [1.807, 2.05) is 0 Å². The van der Waals surface area contributed by atoms with Crippen LogP contribution in [0.2, 0.25) is 0 Å². The maximum Gasteiger partial charge on any atom is 0.214 e. The van der Waals surface area contributed by atoms with Crippen molar-refractivity contribution in [2.24, 2.45) is 0 Å². The molecule has 0 atom stereocenters. The van der Waals surface area contributed by atoms with Gasteiger partial charge < -0.3 is 10.2 Å². The van der Waals surface area contributed by atoms with E-state index in [1.165, 1.54) is 18.2 Å². The predicted molar refractivity (Wildman–Crippen MR) is 71.1 cm³/mol. The quantitative estimate of drug-likeness (QED) is 0.885. The van der Waals surface area contributed by atoms with Crippen LogP contribution in [0.3, 0.4) is 0 Å². The Balaban J connectivity index is 2.81. The van der Waals surface area contributed by atoms with Gasteiger partial charge in [-0.2, -0.15) is 0 Å². The molecule has 2 N–H and O–H groups in total. The van der Waals surface area contributed by atoms with Crippen LogP contribution in [0, 0.1) is 13.8 Å². The number of hydrogen-bond donors (Lipinski definition) is 2. The summed E-state index contributed by atoms with van der Waals surface area (Å²) in [7, 11) is -3.96. The summed E-state index contributed by atoms with van der Waals surface area (Å²) in [6, 6.07) is 8.97. The highest BCUT2D eigenvalue weighted by Crippen LogP contribution is 2.37. The second-order valence-electron chi connectivity index (χ2n) is 4.35. The van der Waals surface area contributed by atoms with Gasteiger partial charge in [0.2, 0.25) is 9.84 Å². The van der Waals surface area contributed by atoms with Crippen LogP contribution in [0.1, 0.15) is 11.1 Å². The molecule has 2 rings (SSSR count). The Hall–Kier alpha value is -2.01. The molecule has 0 saturated carbocycles. The first-order chi connectivity index (χ1) is 8.85. The van der Waals surface area contributed by atoms with E-state index < -0.39 is 26.2 Å². The SMILES string of the molecule is Cc1cccc(C)c1S(=O)(=O)c1c(O)cccc1O. The smallest absolute Gasteiger partial charge is 0.214 e. The second-order valence-corrected chi connectivity index (χ2v) is 6.17. The summed E-state index contributed by atoms with van der Waals surface area (Å²) in [5.41, 5.74) is 1.14. The predicted octanol–water partition coefficient (Wildman–Crippen LogP) is 2.55. The fourth-order valence-corrected chi connectivity index (χ4v) is 3.99. The molecule has 0 spiro atoms. The molecule has 2 aromatic carbocycles. The number of benzene rings is 2. The number of phenols is 2. The lowest BCUT2D eigenvalue weighted by atomic mass is 10.2. The maximum atomic E-state index is 12.6. The molecule has 5 heteroatoms. The van der Waals surface area contributed by atoms with Gasteiger partial charge in [0.05, 0.1) is 4.90 Å². The minimum absolute atomic E-state index is 0.117. The number of rotatable bonds is 2. The molecule has 0 aliphatic rings. The van der Waals surface area contributed by atoms with Crippen LogP contribution >= 0.6 is 0 Å². The number of phenolic OH excluding ortho intramolecular Hbond substituents is 2. The monoisotopic (exact) mass is 278 g/mol. The molecule has 0 fully saturated rings. The second kappa shape index (κ2) is 4.59. The molecule has 100 valence electrons. The Morgan fingerprint density at radius 3 is 1.68 bits per heavy atom. The van der Waals surface area contributed by atoms with Crippen molar-refractivity contribution in [3.8, 4) is 11.5 Å². The van der Waals surface area contributed by atoms with Crippen molar-refractivity contribution in [3.63, 3.8) is 0 Å². The van der Waals surface area contributed by atoms with Crippen molar-refractivity contribution in [2.75, 3.05) is 0 Å². The van der Waals surface area contributed by atoms with Gasteiger partial charge in [-0.25, -0.2) is 8.42 Å². The first kappa shape index (κ1) is 13.4. The zero-order valence-corrected chi connectivity index (χ0v) is 11.4. The third kappa shape index (κ3) is 2.17. The van der Waals surface area contributed by atoms with Gasteiger partial charge in [0.15, 0.2) is 4.90 Å². The molecule has 0 saturated heterocycles. The number of aromatic hydroxyl groups is 2. The highest BCUT2D eigenvalue weighted by atomic mass is 32.2. The Bertz CT molecular complexity index is 635. The Morgan fingerprint density at radius 2 is 1.21 bits per heavy atom. The molecule has 19 heavy (non-hydrogen) atoms. The Labute approximate surface area is 111 Å². The van der Waals surface area contributed by atoms with Crippen LogP contribution in [0.4, 0.5) is 0 Å². The first-order valence-corrected chi connectivity index (χ1v) is 7.16. The zero-order chi connectivity index (χ0) is 14.2. The third-order valence-corrected chi connectivity index (χ3v) is 5.06. The van der Waals surface area contributed by atoms with Gasteiger partial charge in [0.25, 0.3) is 0 Å². The lowest BCUT2D eigenvalue weighted by Gasteiger charge is -2.13. The summed E-state index contributed by atoms with van der Waals surface area (Å²) >= 11 is 0. The van der Waals surface area contributed by atoms with Crippen LogP contribution in [-0.2, 0) is 9.84 Å². The van der Waals surface area contributed by atoms with E-state index in [0.717, 1.165) is 0 Å². The van der Waals surface area contributed by atoms with E-state index in [4.69, 9.17) is 0 Å². The number of sulfone groups is 1. The molecule has 0 radical (unpaired) electrons. The lowest BCUT2D eigenvalue weighted by molar-refractivity contribution is 0.423. The lowest BCUT2D eigenvalue weighted by Crippen LogP contribution is -2.07. The standard InChI is InChI=1S/C14H14O4S/c1-9-5-3-6-10(2)13(9)19(17,18)14-11(15)7-4-8-12(14)16/h3-8,15-16H,1-2H3. The van der Waals surface area contributed by atoms with Crippen molar-refractivity contribution in [2.45, 2.75) is 23.6 Å². The summed E-state index contributed by atoms with van der Waals surface area (Å²) in [6.45, 7) is 3.35. The van der Waals surface area contributed by atoms with E-state index in [0.29, 0.717) is 11.1 Å². The molecule has 0 amide bonds. The van der Waals surface area contributed by atoms with E-state index in [1.54, 1.807) is 32.0 Å². The first-order valence-electron chi connectivity index (χ1n) is 5.68. The Kier molecular flexibility index (Phi) is 3.24. The fraction of sp³-hybridized carbons (Fsp3) is 0.143. The van der Waals surface area contributed by atoms with Crippen molar-refractivity contribution >= 4 is 9.84 Å². The van der Waals surface area contributed by atoms with Gasteiger partial charge in [-0.1, -0.05) is 24.3 Å². The highest BCUT2D eigenvalue weighted by Gasteiger charge is 2.28. The third-order valence-electron chi connectivity index (χ3n) is 2.92. The molecule has 0 aliphatic heterocycles. The van der Waals surface area contributed by atoms with Gasteiger partial charge in [0, 0.05) is 0 Å². The van der Waals surface area contributed by atoms with E-state index in [9.17, 15) is 18.6 Å². The van der Waals surface area contributed by atoms with Gasteiger partial charge in [-0.3, -0.25) is 0 Å². The molecule has 4 nitrogen and oxygen atoms in total. The summed E-state index contributed by atoms with van der Waals surface area (Å²) in [5, 5.41) is 19.5. The minimum Gasteiger partial charge on any atom is -0.506 e. The zero-order valence-electron chi connectivity index (χ0n) is 10.6. The van der Waals surface area contributed by atoms with Gasteiger partial charge in [-0.05, 0) is 37.1 Å². The molecule has 2 aromatic rings. The van der Waals surface area contributed by atoms with E-state index >= 15 is 0 Å². The molecule has 0 bridgehead atoms. The van der Waals surface area contributed by atoms with Crippen LogP contribution in [0.25, 0.3) is 0 Å². The van der Waals surface area contributed by atoms with E-state index in [-0.39, 0.29) is 4.90 Å². The molecule has 0 heterocycles. The summed E-state index contributed by atoms with van der Waals surface area (Å²) in [6.07, 6.45) is 0. The Morgan fingerprint density at radius 1 is 0.789 bits per heavy atom. The normalized spacial score (nSPS) is 11.5. The topological polar surface area (TPSA) is 74.6 Å². The fourth-order valence-electron chi connectivity index (χ4n) is 2.11. The van der Waals surface area contributed by atoms with E-state index in [2.05, 4.69) is 0 Å². The van der Waals surface area contributed by atoms with Crippen molar-refractivity contribution in [1.29, 1.82) is 0 Å². The average Bonchev–Trinajstić information content (AvgIpc) is 2.27. The van der Waals surface area contributed by atoms with Crippen LogP contribution in [-0.4, -0.2) is 18.6 Å². The van der Waals surface area contributed by atoms with Crippen molar-refractivity contribution < 1.29 is 18.6 Å².